The summed E-state index contributed by atoms with van der Waals surface area (Å²) < 4.78 is 0. The summed E-state index contributed by atoms with van der Waals surface area (Å²) in [4.78, 5) is 22.6. The molecule has 0 heterocycles. The van der Waals surface area contributed by atoms with Gasteiger partial charge in [0.2, 0.25) is 5.91 Å². The van der Waals surface area contributed by atoms with Crippen LogP contribution in [0.2, 0.25) is 0 Å². The molecule has 6 nitrogen and oxygen atoms in total. The Morgan fingerprint density at radius 3 is 2.65 bits per heavy atom. The van der Waals surface area contributed by atoms with Crippen LogP contribution in [0.4, 0.5) is 11.4 Å². The molecule has 0 aliphatic heterocycles. The molecule has 0 atom stereocenters. The maximum atomic E-state index is 12.3. The number of carbonyl (C=O) groups excluding carboxylic acids is 1. The number of carbonyl (C=O) groups is 1. The average molecular weight is 320 g/mol. The molecule has 126 valence electrons. The molecule has 1 aromatic rings. The topological polar surface area (TPSA) is 92.5 Å². The molecule has 23 heavy (non-hydrogen) atoms. The fourth-order valence-electron chi connectivity index (χ4n) is 3.18. The summed E-state index contributed by atoms with van der Waals surface area (Å²) in [5.41, 5.74) is -0.0429. The van der Waals surface area contributed by atoms with Gasteiger partial charge in [0, 0.05) is 18.1 Å². The average Bonchev–Trinajstić information content (AvgIpc) is 2.55. The normalized spacial score (nSPS) is 20.9. The fraction of sp³-hybridized carbons (Fsp3) is 0.588. The number of nitrogens with zero attached hydrogens (tertiary/aromatic N) is 1. The summed E-state index contributed by atoms with van der Waals surface area (Å²) in [7, 11) is 0. The molecule has 0 unspecified atom stereocenters. The van der Waals surface area contributed by atoms with Gasteiger partial charge in [-0.15, -0.1) is 0 Å². The van der Waals surface area contributed by atoms with Crippen molar-refractivity contribution in [2.45, 2.75) is 51.9 Å². The predicted octanol–water partition coefficient (Wildman–Crippen LogP) is 4.24. The number of nitro groups is 1. The molecule has 0 aromatic heterocycles. The third-order valence-corrected chi connectivity index (χ3v) is 4.63. The van der Waals surface area contributed by atoms with Gasteiger partial charge in [0.15, 0.2) is 0 Å². The van der Waals surface area contributed by atoms with Gasteiger partial charge in [-0.2, -0.15) is 0 Å². The first-order valence-electron chi connectivity index (χ1n) is 8.29. The zero-order chi connectivity index (χ0) is 16.8. The first kappa shape index (κ1) is 17.2. The lowest BCUT2D eigenvalue weighted by molar-refractivity contribution is -0.384. The van der Waals surface area contributed by atoms with E-state index in [4.69, 9.17) is 0 Å². The highest BCUT2D eigenvalue weighted by Crippen LogP contribution is 2.34. The second-order valence-electron chi connectivity index (χ2n) is 6.31. The molecule has 1 aromatic carbocycles. The number of nitrogens with one attached hydrogen (secondary N) is 1. The maximum Gasteiger partial charge on any atom is 0.271 e. The number of phenolic OH excluding ortho intramolecular Hbond substituents is 1. The molecule has 1 aliphatic carbocycles. The Hall–Kier alpha value is -2.11. The number of anilines is 1. The molecule has 0 spiro atoms. The van der Waals surface area contributed by atoms with Gasteiger partial charge in [-0.3, -0.25) is 14.9 Å². The van der Waals surface area contributed by atoms with E-state index in [1.165, 1.54) is 37.5 Å². The molecule has 1 saturated carbocycles. The van der Waals surface area contributed by atoms with Crippen molar-refractivity contribution in [1.82, 2.24) is 0 Å². The Bertz CT molecular complexity index is 566. The van der Waals surface area contributed by atoms with E-state index in [1.807, 2.05) is 0 Å². The molecule has 0 bridgehead atoms. The monoisotopic (exact) mass is 320 g/mol. The molecule has 0 saturated heterocycles. The predicted molar refractivity (Wildman–Crippen MR) is 88.4 cm³/mol. The van der Waals surface area contributed by atoms with Gasteiger partial charge in [-0.25, -0.2) is 0 Å². The Morgan fingerprint density at radius 2 is 2.04 bits per heavy atom. The number of hydrogen-bond acceptors (Lipinski definition) is 4. The van der Waals surface area contributed by atoms with E-state index >= 15 is 0 Å². The first-order valence-corrected chi connectivity index (χ1v) is 8.29. The quantitative estimate of drug-likeness (QED) is 0.466. The number of phenols is 1. The first-order chi connectivity index (χ1) is 11.0. The molecule has 2 N–H and O–H groups in total. The number of nitro benzene ring substituents is 1. The minimum absolute atomic E-state index is 0.0773. The van der Waals surface area contributed by atoms with Crippen LogP contribution in [-0.2, 0) is 4.79 Å². The third-order valence-electron chi connectivity index (χ3n) is 4.63. The SMILES string of the molecule is CCCCC1CCC(C(=O)Nc2cc([N+](=O)[O-])ccc2O)CC1. The van der Waals surface area contributed by atoms with Crippen LogP contribution in [0.15, 0.2) is 18.2 Å². The standard InChI is InChI=1S/C17H24N2O4/c1-2-3-4-12-5-7-13(8-6-12)17(21)18-15-11-14(19(22)23)9-10-16(15)20/h9-13,20H,2-8H2,1H3,(H,18,21). The Morgan fingerprint density at radius 1 is 1.35 bits per heavy atom. The number of amides is 1. The lowest BCUT2D eigenvalue weighted by Crippen LogP contribution is -2.27. The lowest BCUT2D eigenvalue weighted by atomic mass is 9.79. The number of rotatable bonds is 6. The summed E-state index contributed by atoms with van der Waals surface area (Å²) in [6, 6.07) is 3.64. The second kappa shape index (κ2) is 7.94. The van der Waals surface area contributed by atoms with Crippen LogP contribution in [0.5, 0.6) is 5.75 Å². The summed E-state index contributed by atoms with van der Waals surface area (Å²) in [6.45, 7) is 2.19. The maximum absolute atomic E-state index is 12.3. The van der Waals surface area contributed by atoms with Crippen molar-refractivity contribution in [3.05, 3.63) is 28.3 Å². The molecular formula is C17H24N2O4. The number of aromatic hydroxyl groups is 1. The van der Waals surface area contributed by atoms with E-state index in [0.717, 1.165) is 25.7 Å². The van der Waals surface area contributed by atoms with Gasteiger partial charge in [0.25, 0.3) is 5.69 Å². The zero-order valence-electron chi connectivity index (χ0n) is 13.5. The largest absolute Gasteiger partial charge is 0.506 e. The summed E-state index contributed by atoms with van der Waals surface area (Å²) in [5, 5.41) is 23.2. The van der Waals surface area contributed by atoms with E-state index in [1.54, 1.807) is 0 Å². The van der Waals surface area contributed by atoms with Crippen molar-refractivity contribution in [3.8, 4) is 5.75 Å². The Labute approximate surface area is 136 Å². The van der Waals surface area contributed by atoms with E-state index in [2.05, 4.69) is 12.2 Å². The summed E-state index contributed by atoms with van der Waals surface area (Å²) in [6.07, 6.45) is 7.47. The molecular weight excluding hydrogens is 296 g/mol. The molecule has 6 heteroatoms. The lowest BCUT2D eigenvalue weighted by Gasteiger charge is -2.27. The highest BCUT2D eigenvalue weighted by molar-refractivity contribution is 5.94. The van der Waals surface area contributed by atoms with Crippen LogP contribution in [-0.4, -0.2) is 15.9 Å². The molecule has 1 fully saturated rings. The number of benzene rings is 1. The van der Waals surface area contributed by atoms with Crippen LogP contribution >= 0.6 is 0 Å². The highest BCUT2D eigenvalue weighted by atomic mass is 16.6. The van der Waals surface area contributed by atoms with Crippen LogP contribution in [0.25, 0.3) is 0 Å². The minimum atomic E-state index is -0.548. The van der Waals surface area contributed by atoms with Gasteiger partial charge in [0.1, 0.15) is 5.75 Å². The molecule has 0 radical (unpaired) electrons. The van der Waals surface area contributed by atoms with Gasteiger partial charge in [-0.05, 0) is 37.7 Å². The van der Waals surface area contributed by atoms with Crippen molar-refractivity contribution in [2.24, 2.45) is 11.8 Å². The van der Waals surface area contributed by atoms with Crippen LogP contribution < -0.4 is 5.32 Å². The van der Waals surface area contributed by atoms with Gasteiger partial charge in [0.05, 0.1) is 10.6 Å². The molecule has 1 amide bonds. The molecule has 2 rings (SSSR count). The zero-order valence-corrected chi connectivity index (χ0v) is 13.5. The Balaban J connectivity index is 1.93. The summed E-state index contributed by atoms with van der Waals surface area (Å²) in [5.74, 6) is 0.326. The third kappa shape index (κ3) is 4.68. The van der Waals surface area contributed by atoms with E-state index in [0.29, 0.717) is 5.92 Å². The van der Waals surface area contributed by atoms with Crippen molar-refractivity contribution in [1.29, 1.82) is 0 Å². The minimum Gasteiger partial charge on any atom is -0.506 e. The van der Waals surface area contributed by atoms with Crippen molar-refractivity contribution in [2.75, 3.05) is 5.32 Å². The van der Waals surface area contributed by atoms with E-state index < -0.39 is 4.92 Å². The highest BCUT2D eigenvalue weighted by Gasteiger charge is 2.26. The van der Waals surface area contributed by atoms with Crippen LogP contribution in [0.1, 0.15) is 51.9 Å². The van der Waals surface area contributed by atoms with Gasteiger partial charge in [-0.1, -0.05) is 26.2 Å². The van der Waals surface area contributed by atoms with Crippen LogP contribution in [0.3, 0.4) is 0 Å². The Kier molecular flexibility index (Phi) is 5.96. The fourth-order valence-corrected chi connectivity index (χ4v) is 3.18. The summed E-state index contributed by atoms with van der Waals surface area (Å²) >= 11 is 0. The van der Waals surface area contributed by atoms with Crippen molar-refractivity contribution < 1.29 is 14.8 Å². The van der Waals surface area contributed by atoms with Crippen molar-refractivity contribution >= 4 is 17.3 Å². The number of hydrogen-bond donors (Lipinski definition) is 2. The second-order valence-corrected chi connectivity index (χ2v) is 6.31. The van der Waals surface area contributed by atoms with E-state index in [9.17, 15) is 20.0 Å². The van der Waals surface area contributed by atoms with Crippen LogP contribution in [0, 0.1) is 22.0 Å². The van der Waals surface area contributed by atoms with Gasteiger partial charge >= 0.3 is 0 Å². The number of non-ortho nitro benzene ring substituents is 1. The smallest absolute Gasteiger partial charge is 0.271 e. The number of unbranched alkanes of at least 4 members (excludes halogenated alkanes) is 1. The van der Waals surface area contributed by atoms with E-state index in [-0.39, 0.29) is 28.9 Å². The van der Waals surface area contributed by atoms with Crippen molar-refractivity contribution in [3.63, 3.8) is 0 Å². The van der Waals surface area contributed by atoms with Gasteiger partial charge < -0.3 is 10.4 Å². The molecule has 1 aliphatic rings.